The van der Waals surface area contributed by atoms with Gasteiger partial charge in [0.2, 0.25) is 0 Å². The minimum Gasteiger partial charge on any atom is -0.377 e. The molecule has 0 aromatic carbocycles. The standard InChI is InChI=1S/C13H25N3O/c1-10(2)12(7-14)13-8-15-9-16(13)5-6-17-11(3)4/h8-12H,5-7,14H2,1-4H3. The van der Waals surface area contributed by atoms with E-state index >= 15 is 0 Å². The summed E-state index contributed by atoms with van der Waals surface area (Å²) in [5.41, 5.74) is 7.06. The molecule has 4 heteroatoms. The summed E-state index contributed by atoms with van der Waals surface area (Å²) < 4.78 is 7.72. The highest BCUT2D eigenvalue weighted by atomic mass is 16.5. The van der Waals surface area contributed by atoms with E-state index in [1.165, 1.54) is 5.69 Å². The van der Waals surface area contributed by atoms with Crippen LogP contribution in [0.25, 0.3) is 0 Å². The molecule has 1 aromatic rings. The number of ether oxygens (including phenoxy) is 1. The molecular weight excluding hydrogens is 214 g/mol. The summed E-state index contributed by atoms with van der Waals surface area (Å²) in [5.74, 6) is 0.901. The lowest BCUT2D eigenvalue weighted by molar-refractivity contribution is 0.0721. The van der Waals surface area contributed by atoms with Crippen molar-refractivity contribution in [1.82, 2.24) is 9.55 Å². The van der Waals surface area contributed by atoms with E-state index in [9.17, 15) is 0 Å². The summed E-state index contributed by atoms with van der Waals surface area (Å²) in [4.78, 5) is 4.22. The SMILES string of the molecule is CC(C)OCCn1cncc1C(CN)C(C)C. The maximum absolute atomic E-state index is 5.84. The molecule has 1 atom stereocenters. The highest BCUT2D eigenvalue weighted by Crippen LogP contribution is 2.22. The van der Waals surface area contributed by atoms with Crippen LogP contribution < -0.4 is 5.73 Å². The molecule has 0 aliphatic rings. The third-order valence-electron chi connectivity index (χ3n) is 2.97. The maximum atomic E-state index is 5.84. The normalized spacial score (nSPS) is 13.6. The van der Waals surface area contributed by atoms with Crippen molar-refractivity contribution in [2.24, 2.45) is 11.7 Å². The fourth-order valence-electron chi connectivity index (χ4n) is 1.95. The Morgan fingerprint density at radius 1 is 1.35 bits per heavy atom. The van der Waals surface area contributed by atoms with Gasteiger partial charge < -0.3 is 15.0 Å². The molecule has 0 aliphatic carbocycles. The van der Waals surface area contributed by atoms with E-state index in [1.807, 2.05) is 26.4 Å². The molecule has 0 saturated carbocycles. The van der Waals surface area contributed by atoms with Crippen molar-refractivity contribution >= 4 is 0 Å². The maximum Gasteiger partial charge on any atom is 0.0949 e. The fourth-order valence-corrected chi connectivity index (χ4v) is 1.95. The molecule has 0 fully saturated rings. The minimum absolute atomic E-state index is 0.275. The van der Waals surface area contributed by atoms with Crippen LogP contribution in [0.1, 0.15) is 39.3 Å². The van der Waals surface area contributed by atoms with Gasteiger partial charge in [0.25, 0.3) is 0 Å². The number of imidazole rings is 1. The van der Waals surface area contributed by atoms with Gasteiger partial charge in [-0.3, -0.25) is 0 Å². The van der Waals surface area contributed by atoms with E-state index in [0.29, 0.717) is 18.4 Å². The Balaban J connectivity index is 2.64. The van der Waals surface area contributed by atoms with Crippen molar-refractivity contribution in [3.8, 4) is 0 Å². The Labute approximate surface area is 104 Å². The van der Waals surface area contributed by atoms with Gasteiger partial charge >= 0.3 is 0 Å². The summed E-state index contributed by atoms with van der Waals surface area (Å²) in [6.07, 6.45) is 4.06. The lowest BCUT2D eigenvalue weighted by Gasteiger charge is -2.20. The van der Waals surface area contributed by atoms with E-state index in [2.05, 4.69) is 23.4 Å². The molecule has 4 nitrogen and oxygen atoms in total. The summed E-state index contributed by atoms with van der Waals surface area (Å²) >= 11 is 0. The largest absolute Gasteiger partial charge is 0.377 e. The average molecular weight is 239 g/mol. The zero-order chi connectivity index (χ0) is 12.8. The smallest absolute Gasteiger partial charge is 0.0949 e. The van der Waals surface area contributed by atoms with E-state index in [-0.39, 0.29) is 6.10 Å². The number of rotatable bonds is 7. The molecular formula is C13H25N3O. The molecule has 1 aromatic heterocycles. The van der Waals surface area contributed by atoms with Crippen LogP contribution in [-0.4, -0.2) is 28.8 Å². The van der Waals surface area contributed by atoms with E-state index in [0.717, 1.165) is 13.2 Å². The van der Waals surface area contributed by atoms with Gasteiger partial charge in [-0.25, -0.2) is 4.98 Å². The van der Waals surface area contributed by atoms with Gasteiger partial charge in [0.1, 0.15) is 0 Å². The molecule has 17 heavy (non-hydrogen) atoms. The Hall–Kier alpha value is -0.870. The first kappa shape index (κ1) is 14.2. The zero-order valence-corrected chi connectivity index (χ0v) is 11.4. The van der Waals surface area contributed by atoms with E-state index < -0.39 is 0 Å². The third-order valence-corrected chi connectivity index (χ3v) is 2.97. The molecule has 0 amide bonds. The molecule has 0 bridgehead atoms. The van der Waals surface area contributed by atoms with Gasteiger partial charge in [-0.2, -0.15) is 0 Å². The second-order valence-corrected chi connectivity index (χ2v) is 5.02. The van der Waals surface area contributed by atoms with Crippen molar-refractivity contribution in [3.05, 3.63) is 18.2 Å². The first-order chi connectivity index (χ1) is 8.06. The third kappa shape index (κ3) is 4.13. The zero-order valence-electron chi connectivity index (χ0n) is 11.4. The molecule has 98 valence electrons. The highest BCUT2D eigenvalue weighted by Gasteiger charge is 2.17. The van der Waals surface area contributed by atoms with Crippen molar-refractivity contribution in [2.75, 3.05) is 13.2 Å². The summed E-state index contributed by atoms with van der Waals surface area (Å²) in [5, 5.41) is 0. The quantitative estimate of drug-likeness (QED) is 0.792. The number of nitrogens with zero attached hydrogens (tertiary/aromatic N) is 2. The fraction of sp³-hybridized carbons (Fsp3) is 0.769. The van der Waals surface area contributed by atoms with Crippen molar-refractivity contribution < 1.29 is 4.74 Å². The Bertz CT molecular complexity index is 320. The predicted octanol–water partition coefficient (Wildman–Crippen LogP) is 2.01. The Morgan fingerprint density at radius 3 is 2.59 bits per heavy atom. The van der Waals surface area contributed by atoms with Crippen LogP contribution in [0.3, 0.4) is 0 Å². The van der Waals surface area contributed by atoms with Gasteiger partial charge in [0.15, 0.2) is 0 Å². The predicted molar refractivity (Wildman–Crippen MR) is 69.9 cm³/mol. The highest BCUT2D eigenvalue weighted by molar-refractivity contribution is 5.08. The van der Waals surface area contributed by atoms with Crippen molar-refractivity contribution in [3.63, 3.8) is 0 Å². The monoisotopic (exact) mass is 239 g/mol. The van der Waals surface area contributed by atoms with Gasteiger partial charge in [-0.05, 0) is 19.8 Å². The summed E-state index contributed by atoms with van der Waals surface area (Å²) in [6, 6.07) is 0. The van der Waals surface area contributed by atoms with Crippen LogP contribution in [0.15, 0.2) is 12.5 Å². The van der Waals surface area contributed by atoms with Gasteiger partial charge in [-0.15, -0.1) is 0 Å². The number of hydrogen-bond donors (Lipinski definition) is 1. The first-order valence-electron chi connectivity index (χ1n) is 6.38. The van der Waals surface area contributed by atoms with Crippen molar-refractivity contribution in [1.29, 1.82) is 0 Å². The lowest BCUT2D eigenvalue weighted by atomic mass is 9.93. The number of aromatic nitrogens is 2. The Morgan fingerprint density at radius 2 is 2.06 bits per heavy atom. The molecule has 0 saturated heterocycles. The van der Waals surface area contributed by atoms with Crippen LogP contribution in [0.4, 0.5) is 0 Å². The molecule has 1 heterocycles. The van der Waals surface area contributed by atoms with Crippen LogP contribution in [-0.2, 0) is 11.3 Å². The van der Waals surface area contributed by atoms with Crippen LogP contribution in [0.2, 0.25) is 0 Å². The van der Waals surface area contributed by atoms with E-state index in [1.54, 1.807) is 0 Å². The topological polar surface area (TPSA) is 53.1 Å². The average Bonchev–Trinajstić information content (AvgIpc) is 2.66. The van der Waals surface area contributed by atoms with Crippen LogP contribution >= 0.6 is 0 Å². The molecule has 0 aliphatic heterocycles. The second-order valence-electron chi connectivity index (χ2n) is 5.02. The van der Waals surface area contributed by atoms with Gasteiger partial charge in [0.05, 0.1) is 19.0 Å². The van der Waals surface area contributed by atoms with Crippen molar-refractivity contribution in [2.45, 2.75) is 46.3 Å². The molecule has 0 spiro atoms. The number of nitrogens with two attached hydrogens (primary N) is 1. The molecule has 1 rings (SSSR count). The molecule has 0 radical (unpaired) electrons. The van der Waals surface area contributed by atoms with Crippen LogP contribution in [0.5, 0.6) is 0 Å². The van der Waals surface area contributed by atoms with Crippen LogP contribution in [0, 0.1) is 5.92 Å². The van der Waals surface area contributed by atoms with Gasteiger partial charge in [-0.1, -0.05) is 13.8 Å². The molecule has 1 unspecified atom stereocenters. The lowest BCUT2D eigenvalue weighted by Crippen LogP contribution is -2.22. The number of hydrogen-bond acceptors (Lipinski definition) is 3. The summed E-state index contributed by atoms with van der Waals surface area (Å²) in [6.45, 7) is 10.7. The second kappa shape index (κ2) is 6.77. The molecule has 2 N–H and O–H groups in total. The van der Waals surface area contributed by atoms with E-state index in [4.69, 9.17) is 10.5 Å². The summed E-state index contributed by atoms with van der Waals surface area (Å²) in [7, 11) is 0. The Kier molecular flexibility index (Phi) is 5.65. The minimum atomic E-state index is 0.275. The van der Waals surface area contributed by atoms with Gasteiger partial charge in [0, 0.05) is 30.9 Å². The first-order valence-corrected chi connectivity index (χ1v) is 6.38.